The SMILES string of the molecule is CNC(=O)c1ccccc1NC(=O)CNS(=O)(=O)c1c(C)noc1C. The molecule has 134 valence electrons. The van der Waals surface area contributed by atoms with Gasteiger partial charge in [-0.2, -0.15) is 0 Å². The van der Waals surface area contributed by atoms with Crippen LogP contribution in [0.3, 0.4) is 0 Å². The first-order valence-corrected chi connectivity index (χ1v) is 8.78. The molecule has 25 heavy (non-hydrogen) atoms. The van der Waals surface area contributed by atoms with E-state index in [0.717, 1.165) is 0 Å². The van der Waals surface area contributed by atoms with E-state index in [1.165, 1.54) is 20.9 Å². The van der Waals surface area contributed by atoms with Gasteiger partial charge in [-0.1, -0.05) is 17.3 Å². The Morgan fingerprint density at radius 1 is 1.20 bits per heavy atom. The third kappa shape index (κ3) is 4.22. The predicted molar refractivity (Wildman–Crippen MR) is 89.6 cm³/mol. The number of nitrogens with zero attached hydrogens (tertiary/aromatic N) is 1. The minimum atomic E-state index is -3.94. The quantitative estimate of drug-likeness (QED) is 0.685. The van der Waals surface area contributed by atoms with Crippen molar-refractivity contribution in [2.45, 2.75) is 18.7 Å². The minimum absolute atomic E-state index is 0.0916. The average molecular weight is 366 g/mol. The molecule has 0 aliphatic rings. The number of amides is 2. The van der Waals surface area contributed by atoms with Gasteiger partial charge in [-0.3, -0.25) is 9.59 Å². The van der Waals surface area contributed by atoms with Gasteiger partial charge in [0.15, 0.2) is 5.76 Å². The third-order valence-electron chi connectivity index (χ3n) is 3.33. The van der Waals surface area contributed by atoms with E-state index in [1.807, 2.05) is 0 Å². The molecular weight excluding hydrogens is 348 g/mol. The lowest BCUT2D eigenvalue weighted by atomic mass is 10.1. The van der Waals surface area contributed by atoms with E-state index in [0.29, 0.717) is 0 Å². The normalized spacial score (nSPS) is 11.2. The molecule has 0 saturated carbocycles. The van der Waals surface area contributed by atoms with Gasteiger partial charge in [-0.05, 0) is 26.0 Å². The van der Waals surface area contributed by atoms with Gasteiger partial charge in [0, 0.05) is 7.05 Å². The van der Waals surface area contributed by atoms with Crippen LogP contribution in [0.15, 0.2) is 33.7 Å². The van der Waals surface area contributed by atoms with Gasteiger partial charge in [-0.15, -0.1) is 0 Å². The summed E-state index contributed by atoms with van der Waals surface area (Å²) in [6.07, 6.45) is 0. The zero-order chi connectivity index (χ0) is 18.6. The zero-order valence-electron chi connectivity index (χ0n) is 13.9. The average Bonchev–Trinajstić information content (AvgIpc) is 2.92. The van der Waals surface area contributed by atoms with Crippen molar-refractivity contribution in [1.82, 2.24) is 15.2 Å². The summed E-state index contributed by atoms with van der Waals surface area (Å²) in [5, 5.41) is 8.55. The first-order chi connectivity index (χ1) is 11.8. The highest BCUT2D eigenvalue weighted by Gasteiger charge is 2.24. The summed E-state index contributed by atoms with van der Waals surface area (Å²) in [5.41, 5.74) is 0.755. The molecule has 0 saturated heterocycles. The van der Waals surface area contributed by atoms with Crippen LogP contribution < -0.4 is 15.4 Å². The summed E-state index contributed by atoms with van der Waals surface area (Å²) in [6.45, 7) is 2.45. The summed E-state index contributed by atoms with van der Waals surface area (Å²) < 4.78 is 31.5. The van der Waals surface area contributed by atoms with Crippen molar-refractivity contribution in [3.8, 4) is 0 Å². The summed E-state index contributed by atoms with van der Waals surface area (Å²) in [5.74, 6) is -0.853. The highest BCUT2D eigenvalue weighted by atomic mass is 32.2. The van der Waals surface area contributed by atoms with E-state index in [4.69, 9.17) is 4.52 Å². The summed E-state index contributed by atoms with van der Waals surface area (Å²) >= 11 is 0. The smallest absolute Gasteiger partial charge is 0.253 e. The van der Waals surface area contributed by atoms with Gasteiger partial charge in [-0.25, -0.2) is 13.1 Å². The fraction of sp³-hybridized carbons (Fsp3) is 0.267. The topological polar surface area (TPSA) is 130 Å². The summed E-state index contributed by atoms with van der Waals surface area (Å²) in [4.78, 5) is 23.7. The molecule has 10 heteroatoms. The van der Waals surface area contributed by atoms with Crippen LogP contribution >= 0.6 is 0 Å². The van der Waals surface area contributed by atoms with Crippen LogP contribution in [0, 0.1) is 13.8 Å². The molecule has 0 spiro atoms. The van der Waals surface area contributed by atoms with Gasteiger partial charge in [0.05, 0.1) is 17.8 Å². The molecule has 0 atom stereocenters. The van der Waals surface area contributed by atoms with Crippen LogP contribution in [-0.2, 0) is 14.8 Å². The lowest BCUT2D eigenvalue weighted by Crippen LogP contribution is -2.33. The number of sulfonamides is 1. The predicted octanol–water partition coefficient (Wildman–Crippen LogP) is 0.568. The molecule has 0 unspecified atom stereocenters. The van der Waals surface area contributed by atoms with Crippen LogP contribution in [0.5, 0.6) is 0 Å². The number of nitrogens with one attached hydrogen (secondary N) is 3. The molecule has 0 bridgehead atoms. The van der Waals surface area contributed by atoms with Crippen molar-refractivity contribution in [1.29, 1.82) is 0 Å². The van der Waals surface area contributed by atoms with Gasteiger partial charge in [0.2, 0.25) is 15.9 Å². The zero-order valence-corrected chi connectivity index (χ0v) is 14.7. The molecule has 2 aromatic rings. The van der Waals surface area contributed by atoms with Crippen LogP contribution in [0.25, 0.3) is 0 Å². The molecular formula is C15H18N4O5S. The second-order valence-electron chi connectivity index (χ2n) is 5.15. The number of hydrogen-bond acceptors (Lipinski definition) is 6. The second-order valence-corrected chi connectivity index (χ2v) is 6.85. The van der Waals surface area contributed by atoms with Crippen molar-refractivity contribution in [2.24, 2.45) is 0 Å². The Bertz CT molecular complexity index is 885. The molecule has 2 amide bonds. The van der Waals surface area contributed by atoms with E-state index in [2.05, 4.69) is 20.5 Å². The van der Waals surface area contributed by atoms with Crippen LogP contribution in [-0.4, -0.2) is 39.0 Å². The number of benzene rings is 1. The van der Waals surface area contributed by atoms with Crippen molar-refractivity contribution in [2.75, 3.05) is 18.9 Å². The van der Waals surface area contributed by atoms with Crippen molar-refractivity contribution in [3.05, 3.63) is 41.3 Å². The first-order valence-electron chi connectivity index (χ1n) is 7.29. The Hall–Kier alpha value is -2.72. The molecule has 0 fully saturated rings. The van der Waals surface area contributed by atoms with Crippen LogP contribution in [0.1, 0.15) is 21.8 Å². The number of aryl methyl sites for hydroxylation is 2. The molecule has 1 aromatic carbocycles. The molecule has 3 N–H and O–H groups in total. The molecule has 1 aromatic heterocycles. The second kappa shape index (κ2) is 7.45. The number of rotatable bonds is 6. The molecule has 9 nitrogen and oxygen atoms in total. The van der Waals surface area contributed by atoms with Crippen LogP contribution in [0.2, 0.25) is 0 Å². The largest absolute Gasteiger partial charge is 0.360 e. The van der Waals surface area contributed by atoms with Crippen molar-refractivity contribution in [3.63, 3.8) is 0 Å². The fourth-order valence-corrected chi connectivity index (χ4v) is 3.52. The number of carbonyl (C=O) groups is 2. The Morgan fingerprint density at radius 2 is 1.88 bits per heavy atom. The van der Waals surface area contributed by atoms with E-state index >= 15 is 0 Å². The Labute approximate surface area is 144 Å². The summed E-state index contributed by atoms with van der Waals surface area (Å²) in [6, 6.07) is 6.39. The van der Waals surface area contributed by atoms with E-state index in [9.17, 15) is 18.0 Å². The molecule has 0 aliphatic carbocycles. The highest BCUT2D eigenvalue weighted by Crippen LogP contribution is 2.18. The maximum atomic E-state index is 12.3. The number of hydrogen-bond donors (Lipinski definition) is 3. The minimum Gasteiger partial charge on any atom is -0.360 e. The highest BCUT2D eigenvalue weighted by molar-refractivity contribution is 7.89. The lowest BCUT2D eigenvalue weighted by Gasteiger charge is -2.10. The first kappa shape index (κ1) is 18.6. The number of para-hydroxylation sites is 1. The monoisotopic (exact) mass is 366 g/mol. The van der Waals surface area contributed by atoms with Gasteiger partial charge in [0.1, 0.15) is 10.6 Å². The number of anilines is 1. The molecule has 0 aliphatic heterocycles. The van der Waals surface area contributed by atoms with Gasteiger partial charge >= 0.3 is 0 Å². The Balaban J connectivity index is 2.08. The maximum absolute atomic E-state index is 12.3. The standard InChI is InChI=1S/C15H18N4O5S/c1-9-14(10(2)24-19-9)25(22,23)17-8-13(20)18-12-7-5-4-6-11(12)15(21)16-3/h4-7,17H,8H2,1-3H3,(H,16,21)(H,18,20). The van der Waals surface area contributed by atoms with E-state index in [-0.39, 0.29) is 33.5 Å². The van der Waals surface area contributed by atoms with Gasteiger partial charge in [0.25, 0.3) is 5.91 Å². The Morgan fingerprint density at radius 3 is 2.48 bits per heavy atom. The maximum Gasteiger partial charge on any atom is 0.253 e. The van der Waals surface area contributed by atoms with Crippen molar-refractivity contribution < 1.29 is 22.5 Å². The van der Waals surface area contributed by atoms with E-state index in [1.54, 1.807) is 24.3 Å². The lowest BCUT2D eigenvalue weighted by molar-refractivity contribution is -0.115. The van der Waals surface area contributed by atoms with Crippen LogP contribution in [0.4, 0.5) is 5.69 Å². The Kier molecular flexibility index (Phi) is 5.55. The molecule has 1 heterocycles. The summed E-state index contributed by atoms with van der Waals surface area (Å²) in [7, 11) is -2.47. The van der Waals surface area contributed by atoms with E-state index < -0.39 is 22.5 Å². The van der Waals surface area contributed by atoms with Crippen molar-refractivity contribution >= 4 is 27.5 Å². The molecule has 2 rings (SSSR count). The fourth-order valence-electron chi connectivity index (χ4n) is 2.21. The number of carbonyl (C=O) groups excluding carboxylic acids is 2. The van der Waals surface area contributed by atoms with Gasteiger partial charge < -0.3 is 15.2 Å². The third-order valence-corrected chi connectivity index (χ3v) is 4.98. The number of aromatic nitrogens is 1. The molecule has 0 radical (unpaired) electrons.